The van der Waals surface area contributed by atoms with E-state index in [-0.39, 0.29) is 17.0 Å². The molecule has 1 amide bonds. The van der Waals surface area contributed by atoms with Crippen molar-refractivity contribution in [3.63, 3.8) is 0 Å². The van der Waals surface area contributed by atoms with Gasteiger partial charge in [-0.3, -0.25) is 14.5 Å². The van der Waals surface area contributed by atoms with Crippen LogP contribution in [-0.2, 0) is 6.42 Å². The number of carbonyl (C=O) groups is 1. The largest absolute Gasteiger partial charge is 0.330 e. The molecule has 6 nitrogen and oxygen atoms in total. The van der Waals surface area contributed by atoms with Gasteiger partial charge >= 0.3 is 0 Å². The topological polar surface area (TPSA) is 69.3 Å². The van der Waals surface area contributed by atoms with E-state index in [0.717, 1.165) is 24.0 Å². The van der Waals surface area contributed by atoms with Crippen LogP contribution < -0.4 is 5.56 Å². The van der Waals surface area contributed by atoms with Gasteiger partial charge in [-0.25, -0.2) is 9.49 Å². The quantitative estimate of drug-likeness (QED) is 0.681. The molecule has 2 aliphatic heterocycles. The molecule has 0 bridgehead atoms. The molecular formula is C23H21FN4O2. The minimum Gasteiger partial charge on any atom is -0.330 e. The lowest BCUT2D eigenvalue weighted by Gasteiger charge is -2.21. The average Bonchev–Trinajstić information content (AvgIpc) is 3.28. The summed E-state index contributed by atoms with van der Waals surface area (Å²) in [7, 11) is 2.06. The zero-order chi connectivity index (χ0) is 20.8. The van der Waals surface area contributed by atoms with Crippen LogP contribution in [0.4, 0.5) is 4.39 Å². The number of carbonyl (C=O) groups excluding carboxylic acids is 1. The van der Waals surface area contributed by atoms with Crippen LogP contribution in [0.2, 0.25) is 0 Å². The first kappa shape index (κ1) is 18.7. The van der Waals surface area contributed by atoms with Gasteiger partial charge in [0.1, 0.15) is 5.82 Å². The lowest BCUT2D eigenvalue weighted by molar-refractivity contribution is 0.0786. The van der Waals surface area contributed by atoms with Gasteiger partial charge in [-0.1, -0.05) is 24.3 Å². The Labute approximate surface area is 172 Å². The molecule has 0 spiro atoms. The van der Waals surface area contributed by atoms with Crippen LogP contribution in [-0.4, -0.2) is 59.1 Å². The number of rotatable bonds is 3. The summed E-state index contributed by atoms with van der Waals surface area (Å²) in [6.45, 7) is 2.86. The number of H-pyrrole nitrogens is 1. The summed E-state index contributed by atoms with van der Waals surface area (Å²) >= 11 is 0. The number of aromatic amines is 1. The second-order valence-electron chi connectivity index (χ2n) is 8.08. The maximum absolute atomic E-state index is 14.5. The highest BCUT2D eigenvalue weighted by atomic mass is 19.1. The van der Waals surface area contributed by atoms with Crippen LogP contribution in [0, 0.1) is 5.82 Å². The van der Waals surface area contributed by atoms with E-state index >= 15 is 0 Å². The van der Waals surface area contributed by atoms with E-state index in [9.17, 15) is 14.0 Å². The van der Waals surface area contributed by atoms with Crippen LogP contribution >= 0.6 is 0 Å². The highest BCUT2D eigenvalue weighted by molar-refractivity contribution is 5.95. The monoisotopic (exact) mass is 404 g/mol. The second-order valence-corrected chi connectivity index (χ2v) is 8.08. The number of hydrogen-bond acceptors (Lipinski definition) is 4. The third-order valence-corrected chi connectivity index (χ3v) is 5.88. The van der Waals surface area contributed by atoms with E-state index in [2.05, 4.69) is 22.1 Å². The summed E-state index contributed by atoms with van der Waals surface area (Å²) < 4.78 is 14.5. The Hall–Kier alpha value is -3.32. The number of amides is 1. The number of aromatic nitrogens is 2. The van der Waals surface area contributed by atoms with Crippen LogP contribution in [0.5, 0.6) is 0 Å². The van der Waals surface area contributed by atoms with Crippen molar-refractivity contribution >= 4 is 16.7 Å². The first-order valence-corrected chi connectivity index (χ1v) is 9.92. The van der Waals surface area contributed by atoms with Gasteiger partial charge in [0.25, 0.3) is 11.5 Å². The SMILES string of the molecule is CN1CC2=C(C1)CN(C(=O)c1cc(Cc3n[nH]c(=O)c4ccccc34)ccc1F)C2. The molecule has 0 saturated heterocycles. The summed E-state index contributed by atoms with van der Waals surface area (Å²) in [6.07, 6.45) is 0.386. The van der Waals surface area contributed by atoms with Crippen LogP contribution in [0.25, 0.3) is 10.8 Å². The molecule has 5 rings (SSSR count). The first-order chi connectivity index (χ1) is 14.5. The van der Waals surface area contributed by atoms with Gasteiger partial charge < -0.3 is 4.90 Å². The fourth-order valence-electron chi connectivity index (χ4n) is 4.43. The normalized spacial score (nSPS) is 16.5. The fraction of sp³-hybridized carbons (Fsp3) is 0.261. The molecule has 2 aromatic carbocycles. The molecule has 0 unspecified atom stereocenters. The molecule has 7 heteroatoms. The van der Waals surface area contributed by atoms with Crippen molar-refractivity contribution in [3.05, 3.63) is 86.6 Å². The lowest BCUT2D eigenvalue weighted by atomic mass is 10.0. The number of hydrogen-bond donors (Lipinski definition) is 1. The highest BCUT2D eigenvalue weighted by Crippen LogP contribution is 2.27. The summed E-state index contributed by atoms with van der Waals surface area (Å²) in [5.41, 5.74) is 3.82. The number of likely N-dealkylation sites (N-methyl/N-ethyl adjacent to an activating group) is 1. The molecule has 1 aromatic heterocycles. The number of benzene rings is 2. The standard InChI is InChI=1S/C23H21FN4O2/c1-27-10-15-12-28(13-16(15)11-27)23(30)19-8-14(6-7-20(19)24)9-21-17-4-2-3-5-18(17)22(29)26-25-21/h2-8H,9-13H2,1H3,(H,26,29). The van der Waals surface area contributed by atoms with E-state index in [4.69, 9.17) is 0 Å². The van der Waals surface area contributed by atoms with E-state index in [1.807, 2.05) is 12.1 Å². The van der Waals surface area contributed by atoms with Gasteiger partial charge in [0, 0.05) is 38.0 Å². The number of fused-ring (bicyclic) bond motifs is 1. The Morgan fingerprint density at radius 2 is 1.77 bits per heavy atom. The van der Waals surface area contributed by atoms with Gasteiger partial charge in [-0.2, -0.15) is 5.10 Å². The maximum Gasteiger partial charge on any atom is 0.272 e. The smallest absolute Gasteiger partial charge is 0.272 e. The Bertz CT molecular complexity index is 1250. The minimum absolute atomic E-state index is 0.0794. The van der Waals surface area contributed by atoms with E-state index < -0.39 is 5.82 Å². The van der Waals surface area contributed by atoms with Crippen molar-refractivity contribution in [2.45, 2.75) is 6.42 Å². The highest BCUT2D eigenvalue weighted by Gasteiger charge is 2.32. The molecule has 152 valence electrons. The third kappa shape index (κ3) is 3.21. The van der Waals surface area contributed by atoms with Gasteiger partial charge in [0.2, 0.25) is 0 Å². The Morgan fingerprint density at radius 1 is 1.07 bits per heavy atom. The van der Waals surface area contributed by atoms with Gasteiger partial charge in [0.15, 0.2) is 0 Å². The average molecular weight is 404 g/mol. The molecule has 3 heterocycles. The molecule has 0 atom stereocenters. The van der Waals surface area contributed by atoms with Gasteiger partial charge in [-0.15, -0.1) is 0 Å². The van der Waals surface area contributed by atoms with Gasteiger partial charge in [-0.05, 0) is 42.0 Å². The van der Waals surface area contributed by atoms with E-state index in [1.165, 1.54) is 17.2 Å². The van der Waals surface area contributed by atoms with Crippen LogP contribution in [0.3, 0.4) is 0 Å². The summed E-state index contributed by atoms with van der Waals surface area (Å²) in [4.78, 5) is 29.0. The second kappa shape index (κ2) is 7.18. The zero-order valence-electron chi connectivity index (χ0n) is 16.6. The molecule has 2 aliphatic rings. The number of nitrogens with zero attached hydrogens (tertiary/aromatic N) is 3. The predicted octanol–water partition coefficient (Wildman–Crippen LogP) is 2.35. The Morgan fingerprint density at radius 3 is 2.50 bits per heavy atom. The van der Waals surface area contributed by atoms with Gasteiger partial charge in [0.05, 0.1) is 16.6 Å². The van der Waals surface area contributed by atoms with Crippen molar-refractivity contribution in [2.24, 2.45) is 0 Å². The summed E-state index contributed by atoms with van der Waals surface area (Å²) in [5.74, 6) is -0.807. The summed E-state index contributed by atoms with van der Waals surface area (Å²) in [6, 6.07) is 11.8. The van der Waals surface area contributed by atoms with Crippen molar-refractivity contribution in [1.29, 1.82) is 0 Å². The molecule has 0 aliphatic carbocycles. The summed E-state index contributed by atoms with van der Waals surface area (Å²) in [5, 5.41) is 8.01. The maximum atomic E-state index is 14.5. The predicted molar refractivity (Wildman–Crippen MR) is 112 cm³/mol. The molecule has 0 saturated carbocycles. The molecular weight excluding hydrogens is 383 g/mol. The molecule has 1 N–H and O–H groups in total. The molecule has 3 aromatic rings. The zero-order valence-corrected chi connectivity index (χ0v) is 16.6. The molecule has 0 fully saturated rings. The van der Waals surface area contributed by atoms with Crippen molar-refractivity contribution in [3.8, 4) is 0 Å². The molecule has 30 heavy (non-hydrogen) atoms. The van der Waals surface area contributed by atoms with E-state index in [0.29, 0.717) is 30.6 Å². The number of nitrogens with one attached hydrogen (secondary N) is 1. The fourth-order valence-corrected chi connectivity index (χ4v) is 4.43. The Kier molecular flexibility index (Phi) is 4.47. The van der Waals surface area contributed by atoms with Crippen LogP contribution in [0.15, 0.2) is 58.4 Å². The first-order valence-electron chi connectivity index (χ1n) is 9.92. The minimum atomic E-state index is -0.521. The lowest BCUT2D eigenvalue weighted by Crippen LogP contribution is -2.33. The molecule has 0 radical (unpaired) electrons. The van der Waals surface area contributed by atoms with Crippen molar-refractivity contribution < 1.29 is 9.18 Å². The van der Waals surface area contributed by atoms with E-state index in [1.54, 1.807) is 29.2 Å². The van der Waals surface area contributed by atoms with Crippen molar-refractivity contribution in [1.82, 2.24) is 20.0 Å². The third-order valence-electron chi connectivity index (χ3n) is 5.88. The van der Waals surface area contributed by atoms with Crippen LogP contribution in [0.1, 0.15) is 21.6 Å². The number of halogens is 1. The Balaban J connectivity index is 1.42. The van der Waals surface area contributed by atoms with Crippen molar-refractivity contribution in [2.75, 3.05) is 33.2 Å².